The zero-order valence-electron chi connectivity index (χ0n) is 8.50. The molecule has 1 aromatic heterocycles. The SMILES string of the molecule is Cc1nc(Cl)nc(NCC(C)O)c1C. The van der Waals surface area contributed by atoms with Gasteiger partial charge >= 0.3 is 0 Å². The Morgan fingerprint density at radius 3 is 2.64 bits per heavy atom. The summed E-state index contributed by atoms with van der Waals surface area (Å²) in [6.07, 6.45) is -0.413. The molecule has 1 rings (SSSR count). The summed E-state index contributed by atoms with van der Waals surface area (Å²) >= 11 is 5.71. The van der Waals surface area contributed by atoms with Crippen molar-refractivity contribution in [1.82, 2.24) is 9.97 Å². The molecule has 1 atom stereocenters. The van der Waals surface area contributed by atoms with Gasteiger partial charge in [-0.15, -0.1) is 0 Å². The maximum atomic E-state index is 9.10. The van der Waals surface area contributed by atoms with Gasteiger partial charge in [-0.1, -0.05) is 0 Å². The fourth-order valence-corrected chi connectivity index (χ4v) is 1.22. The fourth-order valence-electron chi connectivity index (χ4n) is 1.01. The fraction of sp³-hybridized carbons (Fsp3) is 0.556. The van der Waals surface area contributed by atoms with Gasteiger partial charge in [0, 0.05) is 17.8 Å². The summed E-state index contributed by atoms with van der Waals surface area (Å²) in [5.41, 5.74) is 1.80. The third kappa shape index (κ3) is 2.82. The van der Waals surface area contributed by atoms with Crippen LogP contribution in [0.5, 0.6) is 0 Å². The molecule has 5 heteroatoms. The highest BCUT2D eigenvalue weighted by atomic mass is 35.5. The molecule has 1 aromatic rings. The Kier molecular flexibility index (Phi) is 3.66. The van der Waals surface area contributed by atoms with Crippen LogP contribution in [0.3, 0.4) is 0 Å². The van der Waals surface area contributed by atoms with E-state index in [1.807, 2.05) is 13.8 Å². The predicted octanol–water partition coefficient (Wildman–Crippen LogP) is 1.54. The third-order valence-corrected chi connectivity index (χ3v) is 2.10. The topological polar surface area (TPSA) is 58.0 Å². The van der Waals surface area contributed by atoms with Crippen molar-refractivity contribution >= 4 is 17.4 Å². The molecule has 78 valence electrons. The number of hydrogen-bond acceptors (Lipinski definition) is 4. The molecule has 0 aliphatic heterocycles. The van der Waals surface area contributed by atoms with E-state index in [4.69, 9.17) is 16.7 Å². The number of rotatable bonds is 3. The van der Waals surface area contributed by atoms with Crippen LogP contribution in [0.4, 0.5) is 5.82 Å². The van der Waals surface area contributed by atoms with E-state index in [0.717, 1.165) is 11.3 Å². The van der Waals surface area contributed by atoms with Crippen molar-refractivity contribution in [3.63, 3.8) is 0 Å². The van der Waals surface area contributed by atoms with Crippen molar-refractivity contribution in [2.24, 2.45) is 0 Å². The highest BCUT2D eigenvalue weighted by Crippen LogP contribution is 2.16. The number of aliphatic hydroxyl groups is 1. The number of hydrogen-bond donors (Lipinski definition) is 2. The molecule has 0 saturated carbocycles. The maximum absolute atomic E-state index is 9.10. The molecular weight excluding hydrogens is 202 g/mol. The second kappa shape index (κ2) is 4.57. The number of anilines is 1. The molecule has 0 radical (unpaired) electrons. The van der Waals surface area contributed by atoms with Crippen molar-refractivity contribution in [2.75, 3.05) is 11.9 Å². The molecule has 2 N–H and O–H groups in total. The summed E-state index contributed by atoms with van der Waals surface area (Å²) in [5, 5.41) is 12.3. The average Bonchev–Trinajstić information content (AvgIpc) is 2.08. The molecule has 0 aliphatic carbocycles. The average molecular weight is 216 g/mol. The van der Waals surface area contributed by atoms with Gasteiger partial charge in [0.25, 0.3) is 0 Å². The molecular formula is C9H14ClN3O. The highest BCUT2D eigenvalue weighted by Gasteiger charge is 2.06. The van der Waals surface area contributed by atoms with E-state index in [2.05, 4.69) is 15.3 Å². The van der Waals surface area contributed by atoms with Gasteiger partial charge in [0.05, 0.1) is 6.10 Å². The van der Waals surface area contributed by atoms with E-state index < -0.39 is 6.10 Å². The Labute approximate surface area is 88.3 Å². The Bertz CT molecular complexity index is 328. The first-order valence-electron chi connectivity index (χ1n) is 4.43. The largest absolute Gasteiger partial charge is 0.392 e. The molecule has 0 saturated heterocycles. The third-order valence-electron chi connectivity index (χ3n) is 1.93. The van der Waals surface area contributed by atoms with Crippen LogP contribution in [0.25, 0.3) is 0 Å². The van der Waals surface area contributed by atoms with E-state index >= 15 is 0 Å². The van der Waals surface area contributed by atoms with Gasteiger partial charge in [0.15, 0.2) is 0 Å². The number of aryl methyl sites for hydroxylation is 1. The molecule has 1 unspecified atom stereocenters. The van der Waals surface area contributed by atoms with E-state index in [1.54, 1.807) is 6.92 Å². The van der Waals surface area contributed by atoms with Crippen LogP contribution in [0.2, 0.25) is 5.28 Å². The Morgan fingerprint density at radius 1 is 1.43 bits per heavy atom. The van der Waals surface area contributed by atoms with Crippen LogP contribution in [0.15, 0.2) is 0 Å². The summed E-state index contributed by atoms with van der Waals surface area (Å²) in [6, 6.07) is 0. The minimum absolute atomic E-state index is 0.223. The summed E-state index contributed by atoms with van der Waals surface area (Å²) in [6.45, 7) is 5.94. The van der Waals surface area contributed by atoms with Crippen molar-refractivity contribution < 1.29 is 5.11 Å². The van der Waals surface area contributed by atoms with Gasteiger partial charge < -0.3 is 10.4 Å². The van der Waals surface area contributed by atoms with Gasteiger partial charge in [-0.05, 0) is 32.4 Å². The predicted molar refractivity (Wildman–Crippen MR) is 56.7 cm³/mol. The van der Waals surface area contributed by atoms with Crippen molar-refractivity contribution in [2.45, 2.75) is 26.9 Å². The second-order valence-corrected chi connectivity index (χ2v) is 3.62. The van der Waals surface area contributed by atoms with E-state index in [-0.39, 0.29) is 5.28 Å². The summed E-state index contributed by atoms with van der Waals surface area (Å²) < 4.78 is 0. The molecule has 1 heterocycles. The van der Waals surface area contributed by atoms with Gasteiger partial charge in [-0.25, -0.2) is 9.97 Å². The molecule has 0 bridgehead atoms. The van der Waals surface area contributed by atoms with Gasteiger partial charge in [-0.3, -0.25) is 0 Å². The van der Waals surface area contributed by atoms with E-state index in [0.29, 0.717) is 12.4 Å². The Hall–Kier alpha value is -0.870. The summed E-state index contributed by atoms with van der Waals surface area (Å²) in [4.78, 5) is 8.05. The van der Waals surface area contributed by atoms with E-state index in [1.165, 1.54) is 0 Å². The number of nitrogens with zero attached hydrogens (tertiary/aromatic N) is 2. The Balaban J connectivity index is 2.85. The normalized spacial score (nSPS) is 12.6. The van der Waals surface area contributed by atoms with Crippen molar-refractivity contribution in [3.05, 3.63) is 16.5 Å². The number of aromatic nitrogens is 2. The van der Waals surface area contributed by atoms with Gasteiger partial charge in [0.2, 0.25) is 5.28 Å². The molecule has 14 heavy (non-hydrogen) atoms. The number of aliphatic hydroxyl groups excluding tert-OH is 1. The lowest BCUT2D eigenvalue weighted by atomic mass is 10.2. The first kappa shape index (κ1) is 11.2. The second-order valence-electron chi connectivity index (χ2n) is 3.28. The molecule has 0 amide bonds. The van der Waals surface area contributed by atoms with Crippen molar-refractivity contribution in [1.29, 1.82) is 0 Å². The first-order valence-corrected chi connectivity index (χ1v) is 4.81. The Morgan fingerprint density at radius 2 is 2.07 bits per heavy atom. The summed E-state index contributed by atoms with van der Waals surface area (Å²) in [7, 11) is 0. The van der Waals surface area contributed by atoms with Gasteiger partial charge in [0.1, 0.15) is 5.82 Å². The van der Waals surface area contributed by atoms with Crippen LogP contribution in [0, 0.1) is 13.8 Å². The zero-order chi connectivity index (χ0) is 10.7. The van der Waals surface area contributed by atoms with Crippen LogP contribution in [0.1, 0.15) is 18.2 Å². The minimum atomic E-state index is -0.413. The lowest BCUT2D eigenvalue weighted by Crippen LogP contribution is -2.17. The molecule has 0 spiro atoms. The van der Waals surface area contributed by atoms with Crippen LogP contribution < -0.4 is 5.32 Å². The maximum Gasteiger partial charge on any atom is 0.224 e. The lowest BCUT2D eigenvalue weighted by Gasteiger charge is -2.11. The molecule has 0 fully saturated rings. The lowest BCUT2D eigenvalue weighted by molar-refractivity contribution is 0.208. The van der Waals surface area contributed by atoms with Crippen LogP contribution in [-0.2, 0) is 0 Å². The molecule has 0 aliphatic rings. The first-order chi connectivity index (χ1) is 6.50. The van der Waals surface area contributed by atoms with Gasteiger partial charge in [-0.2, -0.15) is 0 Å². The quantitative estimate of drug-likeness (QED) is 0.751. The standard InChI is InChI=1S/C9H14ClN3O/c1-5(14)4-11-8-6(2)7(3)12-9(10)13-8/h5,14H,4H2,1-3H3,(H,11,12,13). The molecule has 4 nitrogen and oxygen atoms in total. The monoisotopic (exact) mass is 215 g/mol. The highest BCUT2D eigenvalue weighted by molar-refractivity contribution is 6.28. The number of halogens is 1. The van der Waals surface area contributed by atoms with E-state index in [9.17, 15) is 0 Å². The summed E-state index contributed by atoms with van der Waals surface area (Å²) in [5.74, 6) is 0.684. The zero-order valence-corrected chi connectivity index (χ0v) is 9.26. The minimum Gasteiger partial charge on any atom is -0.392 e. The van der Waals surface area contributed by atoms with Crippen LogP contribution >= 0.6 is 11.6 Å². The molecule has 0 aromatic carbocycles. The van der Waals surface area contributed by atoms with Crippen LogP contribution in [-0.4, -0.2) is 27.7 Å². The van der Waals surface area contributed by atoms with Crippen molar-refractivity contribution in [3.8, 4) is 0 Å². The number of nitrogens with one attached hydrogen (secondary N) is 1. The smallest absolute Gasteiger partial charge is 0.224 e.